The Morgan fingerprint density at radius 3 is 2.86 bits per heavy atom. The predicted octanol–water partition coefficient (Wildman–Crippen LogP) is 2.70. The maximum Gasteiger partial charge on any atom is 0.134 e. The number of aromatic nitrogens is 2. The third-order valence-corrected chi connectivity index (χ3v) is 3.69. The van der Waals surface area contributed by atoms with Crippen LogP contribution in [0.15, 0.2) is 36.7 Å². The summed E-state index contributed by atoms with van der Waals surface area (Å²) in [7, 11) is 1.68. The lowest BCUT2D eigenvalue weighted by Gasteiger charge is -2.16. The van der Waals surface area contributed by atoms with Crippen LogP contribution in [0.1, 0.15) is 18.4 Å². The fourth-order valence-corrected chi connectivity index (χ4v) is 2.54. The Bertz CT molecular complexity index is 596. The van der Waals surface area contributed by atoms with Crippen LogP contribution in [-0.4, -0.2) is 30.2 Å². The van der Waals surface area contributed by atoms with E-state index in [1.807, 2.05) is 24.3 Å². The fourth-order valence-electron chi connectivity index (χ4n) is 2.54. The molecule has 1 fully saturated rings. The van der Waals surface area contributed by atoms with Gasteiger partial charge < -0.3 is 15.0 Å². The van der Waals surface area contributed by atoms with Crippen molar-refractivity contribution in [2.24, 2.45) is 0 Å². The number of rotatable bonds is 5. The predicted molar refractivity (Wildman–Crippen MR) is 83.8 cm³/mol. The molecule has 3 rings (SSSR count). The Labute approximate surface area is 125 Å². The van der Waals surface area contributed by atoms with Gasteiger partial charge in [-0.15, -0.1) is 0 Å². The second kappa shape index (κ2) is 6.43. The minimum atomic E-state index is 0.716. The van der Waals surface area contributed by atoms with E-state index in [1.54, 1.807) is 13.4 Å². The summed E-state index contributed by atoms with van der Waals surface area (Å²) in [4.78, 5) is 11.0. The minimum Gasteiger partial charge on any atom is -0.497 e. The molecular formula is C16H20N4O. The Balaban J connectivity index is 1.65. The largest absolute Gasteiger partial charge is 0.497 e. The highest BCUT2D eigenvalue weighted by molar-refractivity contribution is 5.49. The highest BCUT2D eigenvalue weighted by Crippen LogP contribution is 2.20. The molecular weight excluding hydrogens is 264 g/mol. The summed E-state index contributed by atoms with van der Waals surface area (Å²) >= 11 is 0. The van der Waals surface area contributed by atoms with E-state index in [1.165, 1.54) is 12.8 Å². The number of nitrogens with one attached hydrogen (secondary N) is 1. The average molecular weight is 284 g/mol. The van der Waals surface area contributed by atoms with Crippen LogP contribution in [0, 0.1) is 0 Å². The molecule has 5 heteroatoms. The van der Waals surface area contributed by atoms with Crippen molar-refractivity contribution < 1.29 is 4.74 Å². The molecule has 0 aliphatic carbocycles. The van der Waals surface area contributed by atoms with Gasteiger partial charge in [0.05, 0.1) is 7.11 Å². The molecule has 0 bridgehead atoms. The molecule has 0 radical (unpaired) electrons. The lowest BCUT2D eigenvalue weighted by atomic mass is 10.2. The maximum atomic E-state index is 5.23. The van der Waals surface area contributed by atoms with E-state index in [4.69, 9.17) is 4.74 Å². The molecule has 1 aromatic carbocycles. The summed E-state index contributed by atoms with van der Waals surface area (Å²) in [6, 6.07) is 10.0. The summed E-state index contributed by atoms with van der Waals surface area (Å²) in [5.74, 6) is 2.74. The first kappa shape index (κ1) is 13.7. The summed E-state index contributed by atoms with van der Waals surface area (Å²) < 4.78 is 5.23. The van der Waals surface area contributed by atoms with Gasteiger partial charge in [0.25, 0.3) is 0 Å². The Kier molecular flexibility index (Phi) is 4.19. The lowest BCUT2D eigenvalue weighted by Crippen LogP contribution is -2.19. The number of hydrogen-bond acceptors (Lipinski definition) is 5. The second-order valence-corrected chi connectivity index (χ2v) is 5.16. The first-order chi connectivity index (χ1) is 10.3. The van der Waals surface area contributed by atoms with Crippen molar-refractivity contribution in [3.8, 4) is 5.75 Å². The first-order valence-corrected chi connectivity index (χ1v) is 7.29. The van der Waals surface area contributed by atoms with Crippen molar-refractivity contribution in [2.75, 3.05) is 30.4 Å². The van der Waals surface area contributed by atoms with Crippen LogP contribution in [0.4, 0.5) is 11.6 Å². The quantitative estimate of drug-likeness (QED) is 0.915. The van der Waals surface area contributed by atoms with Crippen LogP contribution < -0.4 is 15.0 Å². The molecule has 2 heterocycles. The smallest absolute Gasteiger partial charge is 0.134 e. The van der Waals surface area contributed by atoms with Gasteiger partial charge in [-0.1, -0.05) is 12.1 Å². The first-order valence-electron chi connectivity index (χ1n) is 7.29. The molecule has 1 N–H and O–H groups in total. The molecule has 1 aromatic heterocycles. The summed E-state index contributed by atoms with van der Waals surface area (Å²) in [5, 5.41) is 3.34. The van der Waals surface area contributed by atoms with Crippen molar-refractivity contribution in [3.63, 3.8) is 0 Å². The van der Waals surface area contributed by atoms with E-state index in [9.17, 15) is 0 Å². The van der Waals surface area contributed by atoms with Gasteiger partial charge >= 0.3 is 0 Å². The van der Waals surface area contributed by atoms with E-state index in [-0.39, 0.29) is 0 Å². The third-order valence-electron chi connectivity index (χ3n) is 3.69. The zero-order valence-electron chi connectivity index (χ0n) is 12.2. The number of methoxy groups -OCH3 is 1. The van der Waals surface area contributed by atoms with Gasteiger partial charge in [0.2, 0.25) is 0 Å². The normalized spacial score (nSPS) is 14.2. The van der Waals surface area contributed by atoms with E-state index >= 15 is 0 Å². The van der Waals surface area contributed by atoms with E-state index < -0.39 is 0 Å². The molecule has 110 valence electrons. The molecule has 1 aliphatic rings. The standard InChI is InChI=1S/C16H20N4O/c1-21-14-6-4-5-13(9-14)11-17-15-10-16(19-12-18-15)20-7-2-3-8-20/h4-6,9-10,12H,2-3,7-8,11H2,1H3,(H,17,18,19). The van der Waals surface area contributed by atoms with E-state index in [0.717, 1.165) is 36.0 Å². The monoisotopic (exact) mass is 284 g/mol. The number of hydrogen-bond donors (Lipinski definition) is 1. The number of benzene rings is 1. The van der Waals surface area contributed by atoms with Crippen LogP contribution in [0.25, 0.3) is 0 Å². The lowest BCUT2D eigenvalue weighted by molar-refractivity contribution is 0.414. The van der Waals surface area contributed by atoms with Crippen LogP contribution in [0.3, 0.4) is 0 Å². The van der Waals surface area contributed by atoms with Gasteiger partial charge in [0.15, 0.2) is 0 Å². The minimum absolute atomic E-state index is 0.716. The number of nitrogens with zero attached hydrogens (tertiary/aromatic N) is 3. The van der Waals surface area contributed by atoms with Gasteiger partial charge in [-0.05, 0) is 30.5 Å². The highest BCUT2D eigenvalue weighted by atomic mass is 16.5. The van der Waals surface area contributed by atoms with E-state index in [0.29, 0.717) is 6.54 Å². The van der Waals surface area contributed by atoms with Gasteiger partial charge in [-0.25, -0.2) is 9.97 Å². The van der Waals surface area contributed by atoms with Gasteiger partial charge in [0, 0.05) is 25.7 Å². The molecule has 2 aromatic rings. The topological polar surface area (TPSA) is 50.3 Å². The Morgan fingerprint density at radius 1 is 1.19 bits per heavy atom. The Hall–Kier alpha value is -2.30. The summed E-state index contributed by atoms with van der Waals surface area (Å²) in [5.41, 5.74) is 1.16. The molecule has 0 amide bonds. The van der Waals surface area contributed by atoms with Gasteiger partial charge in [-0.3, -0.25) is 0 Å². The number of ether oxygens (including phenoxy) is 1. The Morgan fingerprint density at radius 2 is 2.05 bits per heavy atom. The average Bonchev–Trinajstić information content (AvgIpc) is 3.08. The molecule has 5 nitrogen and oxygen atoms in total. The molecule has 0 spiro atoms. The maximum absolute atomic E-state index is 5.23. The fraction of sp³-hybridized carbons (Fsp3) is 0.375. The van der Waals surface area contributed by atoms with Gasteiger partial charge in [-0.2, -0.15) is 0 Å². The number of anilines is 2. The van der Waals surface area contributed by atoms with E-state index in [2.05, 4.69) is 26.3 Å². The molecule has 0 atom stereocenters. The molecule has 0 unspecified atom stereocenters. The highest BCUT2D eigenvalue weighted by Gasteiger charge is 2.13. The SMILES string of the molecule is COc1cccc(CNc2cc(N3CCCC3)ncn2)c1. The zero-order valence-corrected chi connectivity index (χ0v) is 12.2. The van der Waals surface area contributed by atoms with Gasteiger partial charge in [0.1, 0.15) is 23.7 Å². The van der Waals surface area contributed by atoms with Crippen molar-refractivity contribution >= 4 is 11.6 Å². The van der Waals surface area contributed by atoms with Crippen molar-refractivity contribution in [1.29, 1.82) is 0 Å². The molecule has 0 saturated carbocycles. The van der Waals surface area contributed by atoms with Crippen LogP contribution in [0.2, 0.25) is 0 Å². The molecule has 21 heavy (non-hydrogen) atoms. The summed E-state index contributed by atoms with van der Waals surface area (Å²) in [6.07, 6.45) is 4.12. The molecule has 1 aliphatic heterocycles. The second-order valence-electron chi connectivity index (χ2n) is 5.16. The third kappa shape index (κ3) is 3.42. The van der Waals surface area contributed by atoms with Crippen molar-refractivity contribution in [3.05, 3.63) is 42.2 Å². The van der Waals surface area contributed by atoms with Crippen LogP contribution in [0.5, 0.6) is 5.75 Å². The van der Waals surface area contributed by atoms with Crippen LogP contribution in [-0.2, 0) is 6.54 Å². The zero-order chi connectivity index (χ0) is 14.5. The van der Waals surface area contributed by atoms with Crippen molar-refractivity contribution in [1.82, 2.24) is 9.97 Å². The summed E-state index contributed by atoms with van der Waals surface area (Å²) in [6.45, 7) is 2.90. The van der Waals surface area contributed by atoms with Crippen molar-refractivity contribution in [2.45, 2.75) is 19.4 Å². The molecule has 1 saturated heterocycles. The van der Waals surface area contributed by atoms with Crippen LogP contribution >= 0.6 is 0 Å².